The maximum absolute atomic E-state index is 12.4. The lowest BCUT2D eigenvalue weighted by molar-refractivity contribution is -0.128. The molecule has 0 aromatic heterocycles. The lowest BCUT2D eigenvalue weighted by atomic mass is 9.81. The molecule has 104 valence electrons. The van der Waals surface area contributed by atoms with E-state index in [1.54, 1.807) is 0 Å². The summed E-state index contributed by atoms with van der Waals surface area (Å²) >= 11 is 0. The van der Waals surface area contributed by atoms with Crippen molar-refractivity contribution in [3.63, 3.8) is 0 Å². The molecular formula is C16H24N2O. The Labute approximate surface area is 115 Å². The molecule has 0 saturated heterocycles. The maximum Gasteiger partial charge on any atom is 0.224 e. The highest BCUT2D eigenvalue weighted by atomic mass is 16.2. The van der Waals surface area contributed by atoms with E-state index in [0.717, 1.165) is 30.5 Å². The molecule has 1 saturated carbocycles. The van der Waals surface area contributed by atoms with Crippen molar-refractivity contribution in [3.8, 4) is 0 Å². The van der Waals surface area contributed by atoms with Crippen LogP contribution in [-0.2, 0) is 4.79 Å². The Morgan fingerprint density at radius 2 is 2.00 bits per heavy atom. The minimum absolute atomic E-state index is 0.0319. The second-order valence-electron chi connectivity index (χ2n) is 6.33. The van der Waals surface area contributed by atoms with Gasteiger partial charge in [-0.15, -0.1) is 0 Å². The van der Waals surface area contributed by atoms with Crippen molar-refractivity contribution < 1.29 is 4.79 Å². The predicted molar refractivity (Wildman–Crippen MR) is 78.5 cm³/mol. The number of nitrogen functional groups attached to an aromatic ring is 1. The number of hydrogen-bond donors (Lipinski definition) is 2. The van der Waals surface area contributed by atoms with Crippen molar-refractivity contribution >= 4 is 11.6 Å². The largest absolute Gasteiger partial charge is 0.399 e. The van der Waals surface area contributed by atoms with Gasteiger partial charge in [0.1, 0.15) is 0 Å². The van der Waals surface area contributed by atoms with Crippen molar-refractivity contribution in [1.29, 1.82) is 0 Å². The molecule has 0 heterocycles. The Hall–Kier alpha value is -1.51. The van der Waals surface area contributed by atoms with E-state index in [2.05, 4.69) is 19.2 Å². The van der Waals surface area contributed by atoms with Crippen LogP contribution >= 0.6 is 0 Å². The van der Waals surface area contributed by atoms with Gasteiger partial charge in [0.05, 0.1) is 6.04 Å². The first-order chi connectivity index (χ1) is 8.90. The minimum Gasteiger partial charge on any atom is -0.399 e. The average Bonchev–Trinajstić information content (AvgIpc) is 2.69. The van der Waals surface area contributed by atoms with Gasteiger partial charge in [-0.25, -0.2) is 0 Å². The molecule has 1 aromatic carbocycles. The topological polar surface area (TPSA) is 55.1 Å². The minimum atomic E-state index is 0.0319. The van der Waals surface area contributed by atoms with Crippen LogP contribution in [0.25, 0.3) is 0 Å². The van der Waals surface area contributed by atoms with Gasteiger partial charge in [-0.2, -0.15) is 0 Å². The number of benzene rings is 1. The monoisotopic (exact) mass is 260 g/mol. The molecule has 2 unspecified atom stereocenters. The highest BCUT2D eigenvalue weighted by Crippen LogP contribution is 2.42. The van der Waals surface area contributed by atoms with Crippen molar-refractivity contribution in [2.24, 2.45) is 11.3 Å². The Balaban J connectivity index is 2.01. The summed E-state index contributed by atoms with van der Waals surface area (Å²) in [5.74, 6) is 0.329. The molecule has 1 aliphatic carbocycles. The lowest BCUT2D eigenvalue weighted by Gasteiger charge is -2.27. The van der Waals surface area contributed by atoms with Crippen LogP contribution < -0.4 is 11.1 Å². The molecular weight excluding hydrogens is 236 g/mol. The molecule has 1 aromatic rings. The van der Waals surface area contributed by atoms with Crippen LogP contribution in [0.3, 0.4) is 0 Å². The van der Waals surface area contributed by atoms with Gasteiger partial charge in [-0.05, 0) is 42.9 Å². The summed E-state index contributed by atoms with van der Waals surface area (Å²) in [5.41, 5.74) is 7.65. The quantitative estimate of drug-likeness (QED) is 0.819. The van der Waals surface area contributed by atoms with Gasteiger partial charge in [0, 0.05) is 11.6 Å². The Morgan fingerprint density at radius 1 is 1.37 bits per heavy atom. The van der Waals surface area contributed by atoms with Crippen molar-refractivity contribution in [1.82, 2.24) is 5.32 Å². The van der Waals surface area contributed by atoms with E-state index in [1.807, 2.05) is 31.2 Å². The summed E-state index contributed by atoms with van der Waals surface area (Å²) in [7, 11) is 0. The number of amides is 1. The normalized spacial score (nSPS) is 23.0. The number of hydrogen-bond acceptors (Lipinski definition) is 2. The zero-order valence-electron chi connectivity index (χ0n) is 12.1. The molecule has 3 nitrogen and oxygen atoms in total. The second-order valence-corrected chi connectivity index (χ2v) is 6.33. The number of carbonyl (C=O) groups is 1. The number of carbonyl (C=O) groups excluding carboxylic acids is 1. The van der Waals surface area contributed by atoms with Gasteiger partial charge >= 0.3 is 0 Å². The maximum atomic E-state index is 12.4. The van der Waals surface area contributed by atoms with Crippen LogP contribution in [0.5, 0.6) is 0 Å². The van der Waals surface area contributed by atoms with Gasteiger partial charge in [0.25, 0.3) is 0 Å². The average molecular weight is 260 g/mol. The molecule has 1 aliphatic rings. The van der Waals surface area contributed by atoms with Crippen molar-refractivity contribution in [2.75, 3.05) is 5.73 Å². The molecule has 0 bridgehead atoms. The summed E-state index contributed by atoms with van der Waals surface area (Å²) in [4.78, 5) is 12.4. The SMILES string of the molecule is CC(NC(=O)C1CCCC1(C)C)c1ccc(N)cc1. The van der Waals surface area contributed by atoms with Crippen molar-refractivity contribution in [2.45, 2.75) is 46.1 Å². The van der Waals surface area contributed by atoms with Crippen LogP contribution in [0.1, 0.15) is 51.6 Å². The first-order valence-corrected chi connectivity index (χ1v) is 7.06. The Morgan fingerprint density at radius 3 is 2.53 bits per heavy atom. The molecule has 1 amide bonds. The number of nitrogens with two attached hydrogens (primary N) is 1. The molecule has 3 heteroatoms. The van der Waals surface area contributed by atoms with Crippen molar-refractivity contribution in [3.05, 3.63) is 29.8 Å². The van der Waals surface area contributed by atoms with Gasteiger partial charge in [-0.1, -0.05) is 32.4 Å². The van der Waals surface area contributed by atoms with E-state index >= 15 is 0 Å². The lowest BCUT2D eigenvalue weighted by Crippen LogP contribution is -2.37. The fourth-order valence-electron chi connectivity index (χ4n) is 2.99. The molecule has 0 radical (unpaired) electrons. The summed E-state index contributed by atoms with van der Waals surface area (Å²) in [6.07, 6.45) is 3.30. The van der Waals surface area contributed by atoms with E-state index in [-0.39, 0.29) is 23.3 Å². The third-order valence-electron chi connectivity index (χ3n) is 4.37. The number of anilines is 1. The number of rotatable bonds is 3. The third-order valence-corrected chi connectivity index (χ3v) is 4.37. The zero-order valence-corrected chi connectivity index (χ0v) is 12.1. The second kappa shape index (κ2) is 5.24. The third kappa shape index (κ3) is 3.09. The summed E-state index contributed by atoms with van der Waals surface area (Å²) in [6.45, 7) is 6.40. The smallest absolute Gasteiger partial charge is 0.224 e. The van der Waals surface area contributed by atoms with Crippen LogP contribution in [0.4, 0.5) is 5.69 Å². The van der Waals surface area contributed by atoms with Gasteiger partial charge in [-0.3, -0.25) is 4.79 Å². The molecule has 2 rings (SSSR count). The van der Waals surface area contributed by atoms with Gasteiger partial charge in [0.15, 0.2) is 0 Å². The highest BCUT2D eigenvalue weighted by Gasteiger charge is 2.39. The molecule has 0 aliphatic heterocycles. The molecule has 3 N–H and O–H groups in total. The van der Waals surface area contributed by atoms with Crippen LogP contribution in [0.2, 0.25) is 0 Å². The van der Waals surface area contributed by atoms with E-state index in [4.69, 9.17) is 5.73 Å². The van der Waals surface area contributed by atoms with E-state index in [9.17, 15) is 4.79 Å². The summed E-state index contributed by atoms with van der Waals surface area (Å²) in [5, 5.41) is 3.13. The Kier molecular flexibility index (Phi) is 3.83. The van der Waals surface area contributed by atoms with E-state index < -0.39 is 0 Å². The van der Waals surface area contributed by atoms with E-state index in [1.165, 1.54) is 0 Å². The Bertz CT molecular complexity index is 450. The molecule has 19 heavy (non-hydrogen) atoms. The standard InChI is InChI=1S/C16H24N2O/c1-11(12-6-8-13(17)9-7-12)18-15(19)14-5-4-10-16(14,2)3/h6-9,11,14H,4-5,10,17H2,1-3H3,(H,18,19). The molecule has 0 spiro atoms. The number of nitrogens with one attached hydrogen (secondary N) is 1. The molecule has 1 fully saturated rings. The fourth-order valence-corrected chi connectivity index (χ4v) is 2.99. The summed E-state index contributed by atoms with van der Waals surface area (Å²) in [6, 6.07) is 7.72. The predicted octanol–water partition coefficient (Wildman–Crippen LogP) is 3.27. The summed E-state index contributed by atoms with van der Waals surface area (Å²) < 4.78 is 0. The zero-order chi connectivity index (χ0) is 14.0. The first-order valence-electron chi connectivity index (χ1n) is 7.06. The molecule has 2 atom stereocenters. The highest BCUT2D eigenvalue weighted by molar-refractivity contribution is 5.80. The fraction of sp³-hybridized carbons (Fsp3) is 0.562. The van der Waals surface area contributed by atoms with Gasteiger partial charge < -0.3 is 11.1 Å². The van der Waals surface area contributed by atoms with Crippen LogP contribution in [-0.4, -0.2) is 5.91 Å². The van der Waals surface area contributed by atoms with Crippen LogP contribution in [0, 0.1) is 11.3 Å². The first kappa shape index (κ1) is 13.9. The van der Waals surface area contributed by atoms with E-state index in [0.29, 0.717) is 0 Å². The van der Waals surface area contributed by atoms with Gasteiger partial charge in [0.2, 0.25) is 5.91 Å². The van der Waals surface area contributed by atoms with Crippen LogP contribution in [0.15, 0.2) is 24.3 Å².